The Bertz CT molecular complexity index is 328. The zero-order valence-electron chi connectivity index (χ0n) is 11.9. The number of ether oxygens (including phenoxy) is 1. The van der Waals surface area contributed by atoms with Crippen molar-refractivity contribution < 1.29 is 9.26 Å². The Labute approximate surface area is 109 Å². The van der Waals surface area contributed by atoms with Crippen LogP contribution in [0.25, 0.3) is 0 Å². The van der Waals surface area contributed by atoms with Crippen LogP contribution in [-0.2, 0) is 11.3 Å². The molecule has 0 radical (unpaired) electrons. The van der Waals surface area contributed by atoms with Gasteiger partial charge in [-0.25, -0.2) is 0 Å². The molecule has 5 nitrogen and oxygen atoms in total. The second-order valence-corrected chi connectivity index (χ2v) is 4.46. The molecule has 0 bridgehead atoms. The fraction of sp³-hybridized carbons (Fsp3) is 0.846. The summed E-state index contributed by atoms with van der Waals surface area (Å²) in [6, 6.07) is 0.375. The smallest absolute Gasteiger partial charge is 0.231 e. The van der Waals surface area contributed by atoms with Crippen LogP contribution in [0.2, 0.25) is 0 Å². The van der Waals surface area contributed by atoms with E-state index in [4.69, 9.17) is 9.26 Å². The molecule has 0 aliphatic rings. The highest BCUT2D eigenvalue weighted by Crippen LogP contribution is 2.19. The lowest BCUT2D eigenvalue weighted by molar-refractivity contribution is 0.114. The molecule has 1 aromatic rings. The number of rotatable bonds is 9. The molecule has 18 heavy (non-hydrogen) atoms. The van der Waals surface area contributed by atoms with Crippen molar-refractivity contribution in [3.05, 3.63) is 11.7 Å². The number of hydrogen-bond acceptors (Lipinski definition) is 5. The maximum absolute atomic E-state index is 5.40. The first-order valence-electron chi connectivity index (χ1n) is 6.86. The third-order valence-electron chi connectivity index (χ3n) is 2.96. The molecule has 1 heterocycles. The van der Waals surface area contributed by atoms with Crippen LogP contribution < -0.4 is 5.32 Å². The first kappa shape index (κ1) is 15.1. The fourth-order valence-corrected chi connectivity index (χ4v) is 1.93. The van der Waals surface area contributed by atoms with Crippen molar-refractivity contribution in [1.82, 2.24) is 15.5 Å². The van der Waals surface area contributed by atoms with Gasteiger partial charge in [-0.2, -0.15) is 4.98 Å². The van der Waals surface area contributed by atoms with Gasteiger partial charge >= 0.3 is 0 Å². The van der Waals surface area contributed by atoms with E-state index in [-0.39, 0.29) is 5.92 Å². The van der Waals surface area contributed by atoms with Gasteiger partial charge in [0.25, 0.3) is 0 Å². The Morgan fingerprint density at radius 3 is 2.72 bits per heavy atom. The second kappa shape index (κ2) is 8.21. The first-order chi connectivity index (χ1) is 8.72. The van der Waals surface area contributed by atoms with Gasteiger partial charge in [-0.05, 0) is 19.4 Å². The van der Waals surface area contributed by atoms with E-state index in [0.717, 1.165) is 26.0 Å². The van der Waals surface area contributed by atoms with Crippen molar-refractivity contribution in [1.29, 1.82) is 0 Å². The Hall–Kier alpha value is -0.940. The predicted octanol–water partition coefficient (Wildman–Crippen LogP) is 2.49. The summed E-state index contributed by atoms with van der Waals surface area (Å²) in [5.41, 5.74) is 0. The topological polar surface area (TPSA) is 60.2 Å². The summed E-state index contributed by atoms with van der Waals surface area (Å²) in [6.45, 7) is 10.6. The monoisotopic (exact) mass is 255 g/mol. The molecule has 0 amide bonds. The van der Waals surface area contributed by atoms with Crippen LogP contribution >= 0.6 is 0 Å². The molecule has 0 fully saturated rings. The molecule has 2 atom stereocenters. The van der Waals surface area contributed by atoms with E-state index < -0.39 is 0 Å². The van der Waals surface area contributed by atoms with E-state index in [1.54, 1.807) is 0 Å². The quantitative estimate of drug-likeness (QED) is 0.687. The largest absolute Gasteiger partial charge is 0.373 e. The van der Waals surface area contributed by atoms with Crippen molar-refractivity contribution in [3.63, 3.8) is 0 Å². The van der Waals surface area contributed by atoms with E-state index in [0.29, 0.717) is 24.4 Å². The minimum Gasteiger partial charge on any atom is -0.373 e. The molecular formula is C13H25N3O2. The third-order valence-corrected chi connectivity index (χ3v) is 2.96. The zero-order chi connectivity index (χ0) is 13.4. The van der Waals surface area contributed by atoms with Gasteiger partial charge in [0.1, 0.15) is 6.61 Å². The normalized spacial score (nSPS) is 14.7. The lowest BCUT2D eigenvalue weighted by atomic mass is 9.99. The maximum atomic E-state index is 5.40. The second-order valence-electron chi connectivity index (χ2n) is 4.46. The molecule has 0 saturated carbocycles. The third kappa shape index (κ3) is 4.38. The molecule has 1 aromatic heterocycles. The van der Waals surface area contributed by atoms with Gasteiger partial charge in [0.15, 0.2) is 5.82 Å². The molecule has 104 valence electrons. The number of nitrogens with zero attached hydrogens (tertiary/aromatic N) is 2. The van der Waals surface area contributed by atoms with Gasteiger partial charge < -0.3 is 14.6 Å². The van der Waals surface area contributed by atoms with Gasteiger partial charge in [-0.15, -0.1) is 0 Å². The summed E-state index contributed by atoms with van der Waals surface area (Å²) in [4.78, 5) is 4.39. The highest BCUT2D eigenvalue weighted by molar-refractivity contribution is 4.96. The van der Waals surface area contributed by atoms with Crippen LogP contribution in [0.4, 0.5) is 0 Å². The van der Waals surface area contributed by atoms with Crippen molar-refractivity contribution in [2.24, 2.45) is 0 Å². The van der Waals surface area contributed by atoms with Crippen LogP contribution in [0.15, 0.2) is 4.52 Å². The number of aromatic nitrogens is 2. The maximum Gasteiger partial charge on any atom is 0.231 e. The van der Waals surface area contributed by atoms with Crippen molar-refractivity contribution in [3.8, 4) is 0 Å². The standard InChI is InChI=1S/C13H25N3O2/c1-5-8-17-9-12-15-13(18-16-12)10(4)11(6-2)14-7-3/h10-11,14H,5-9H2,1-4H3. The Kier molecular flexibility index (Phi) is 6.90. The predicted molar refractivity (Wildman–Crippen MR) is 70.4 cm³/mol. The average molecular weight is 255 g/mol. The molecule has 0 saturated heterocycles. The Morgan fingerprint density at radius 2 is 2.11 bits per heavy atom. The summed E-state index contributed by atoms with van der Waals surface area (Å²) in [5, 5.41) is 7.38. The Balaban J connectivity index is 2.54. The van der Waals surface area contributed by atoms with Gasteiger partial charge in [-0.1, -0.05) is 32.9 Å². The molecule has 0 aromatic carbocycles. The molecular weight excluding hydrogens is 230 g/mol. The van der Waals surface area contributed by atoms with Crippen molar-refractivity contribution in [2.75, 3.05) is 13.2 Å². The van der Waals surface area contributed by atoms with Crippen LogP contribution in [0.1, 0.15) is 58.2 Å². The SMILES string of the molecule is CCCOCc1noc(C(C)C(CC)NCC)n1. The molecule has 2 unspecified atom stereocenters. The van der Waals surface area contributed by atoms with Crippen molar-refractivity contribution in [2.45, 2.75) is 59.1 Å². The van der Waals surface area contributed by atoms with Crippen LogP contribution in [-0.4, -0.2) is 29.3 Å². The Morgan fingerprint density at radius 1 is 1.33 bits per heavy atom. The van der Waals surface area contributed by atoms with E-state index in [1.165, 1.54) is 0 Å². The first-order valence-corrected chi connectivity index (χ1v) is 6.86. The molecule has 0 spiro atoms. The number of hydrogen-bond donors (Lipinski definition) is 1. The molecule has 1 rings (SSSR count). The number of nitrogens with one attached hydrogen (secondary N) is 1. The summed E-state index contributed by atoms with van der Waals surface area (Å²) in [5.74, 6) is 1.55. The lowest BCUT2D eigenvalue weighted by Gasteiger charge is -2.20. The summed E-state index contributed by atoms with van der Waals surface area (Å²) >= 11 is 0. The fourth-order valence-electron chi connectivity index (χ4n) is 1.93. The van der Waals surface area contributed by atoms with E-state index in [9.17, 15) is 0 Å². The zero-order valence-corrected chi connectivity index (χ0v) is 11.9. The van der Waals surface area contributed by atoms with Gasteiger partial charge in [0.2, 0.25) is 5.89 Å². The average Bonchev–Trinajstić information content (AvgIpc) is 2.84. The summed E-state index contributed by atoms with van der Waals surface area (Å²) in [6.07, 6.45) is 2.04. The molecule has 0 aliphatic heterocycles. The van der Waals surface area contributed by atoms with E-state index >= 15 is 0 Å². The minimum atomic E-state index is 0.224. The van der Waals surface area contributed by atoms with Crippen LogP contribution in [0, 0.1) is 0 Å². The highest BCUT2D eigenvalue weighted by atomic mass is 16.5. The van der Waals surface area contributed by atoms with Crippen LogP contribution in [0.3, 0.4) is 0 Å². The highest BCUT2D eigenvalue weighted by Gasteiger charge is 2.22. The van der Waals surface area contributed by atoms with Crippen molar-refractivity contribution >= 4 is 0 Å². The van der Waals surface area contributed by atoms with E-state index in [2.05, 4.69) is 43.2 Å². The summed E-state index contributed by atoms with van der Waals surface area (Å²) in [7, 11) is 0. The minimum absolute atomic E-state index is 0.224. The molecule has 5 heteroatoms. The number of likely N-dealkylation sites (N-methyl/N-ethyl adjacent to an activating group) is 1. The summed E-state index contributed by atoms with van der Waals surface area (Å²) < 4.78 is 10.7. The molecule has 0 aliphatic carbocycles. The van der Waals surface area contributed by atoms with Gasteiger partial charge in [-0.3, -0.25) is 0 Å². The lowest BCUT2D eigenvalue weighted by Crippen LogP contribution is -2.33. The van der Waals surface area contributed by atoms with Gasteiger partial charge in [0.05, 0.1) is 5.92 Å². The van der Waals surface area contributed by atoms with Gasteiger partial charge in [0, 0.05) is 12.6 Å². The molecule has 1 N–H and O–H groups in total. The van der Waals surface area contributed by atoms with E-state index in [1.807, 2.05) is 0 Å². The van der Waals surface area contributed by atoms with Crippen LogP contribution in [0.5, 0.6) is 0 Å².